The lowest BCUT2D eigenvalue weighted by Gasteiger charge is -2.10. The first-order chi connectivity index (χ1) is 10.1. The molecule has 2 aromatic carbocycles. The van der Waals surface area contributed by atoms with Crippen LogP contribution in [0.3, 0.4) is 0 Å². The molecule has 3 N–H and O–H groups in total. The molecule has 2 aromatic rings. The first-order valence-corrected chi connectivity index (χ1v) is 6.62. The van der Waals surface area contributed by atoms with Crippen molar-refractivity contribution in [2.45, 2.75) is 13.5 Å². The number of ether oxygens (including phenoxy) is 1. The minimum atomic E-state index is -0.374. The normalized spacial score (nSPS) is 10.1. The zero-order chi connectivity index (χ0) is 15.2. The van der Waals surface area contributed by atoms with E-state index in [1.807, 2.05) is 6.07 Å². The summed E-state index contributed by atoms with van der Waals surface area (Å²) in [6.45, 7) is 2.41. The molecule has 0 saturated carbocycles. The van der Waals surface area contributed by atoms with Crippen LogP contribution in [0.15, 0.2) is 42.5 Å². The standard InChI is InChI=1S/C16H17NO4/c1-2-21-16(20)11-5-3-7-13(9-11)17-10-12-6-4-8-14(18)15(12)19/h3-9,17-19H,2,10H2,1H3. The summed E-state index contributed by atoms with van der Waals surface area (Å²) in [7, 11) is 0. The Kier molecular flexibility index (Phi) is 4.66. The molecular formula is C16H17NO4. The number of benzene rings is 2. The molecule has 0 unspecified atom stereocenters. The van der Waals surface area contributed by atoms with E-state index in [0.717, 1.165) is 5.69 Å². The lowest BCUT2D eigenvalue weighted by molar-refractivity contribution is 0.0526. The molecule has 0 aliphatic carbocycles. The van der Waals surface area contributed by atoms with Crippen molar-refractivity contribution in [2.24, 2.45) is 0 Å². The number of nitrogens with one attached hydrogen (secondary N) is 1. The summed E-state index contributed by atoms with van der Waals surface area (Å²) in [4.78, 5) is 11.6. The van der Waals surface area contributed by atoms with Crippen LogP contribution in [0.4, 0.5) is 5.69 Å². The lowest BCUT2D eigenvalue weighted by atomic mass is 10.1. The highest BCUT2D eigenvalue weighted by atomic mass is 16.5. The molecule has 0 aliphatic heterocycles. The Morgan fingerprint density at radius 1 is 1.19 bits per heavy atom. The second kappa shape index (κ2) is 6.65. The lowest BCUT2D eigenvalue weighted by Crippen LogP contribution is -2.06. The quantitative estimate of drug-likeness (QED) is 0.582. The fourth-order valence-corrected chi connectivity index (χ4v) is 1.89. The number of hydrogen-bond acceptors (Lipinski definition) is 5. The third-order valence-corrected chi connectivity index (χ3v) is 2.95. The zero-order valence-electron chi connectivity index (χ0n) is 11.7. The van der Waals surface area contributed by atoms with Gasteiger partial charge < -0.3 is 20.3 Å². The van der Waals surface area contributed by atoms with Crippen molar-refractivity contribution in [2.75, 3.05) is 11.9 Å². The summed E-state index contributed by atoms with van der Waals surface area (Å²) >= 11 is 0. The largest absolute Gasteiger partial charge is 0.504 e. The van der Waals surface area contributed by atoms with Crippen LogP contribution in [-0.2, 0) is 11.3 Å². The van der Waals surface area contributed by atoms with Gasteiger partial charge in [-0.05, 0) is 31.2 Å². The molecule has 110 valence electrons. The first kappa shape index (κ1) is 14.7. The summed E-state index contributed by atoms with van der Waals surface area (Å²) in [6.07, 6.45) is 0. The van der Waals surface area contributed by atoms with Gasteiger partial charge >= 0.3 is 5.97 Å². The number of esters is 1. The number of para-hydroxylation sites is 1. The molecule has 0 aromatic heterocycles. The van der Waals surface area contributed by atoms with E-state index >= 15 is 0 Å². The Morgan fingerprint density at radius 2 is 1.95 bits per heavy atom. The molecule has 0 aliphatic rings. The number of rotatable bonds is 5. The van der Waals surface area contributed by atoms with Crippen molar-refractivity contribution in [3.63, 3.8) is 0 Å². The topological polar surface area (TPSA) is 78.8 Å². The highest BCUT2D eigenvalue weighted by Crippen LogP contribution is 2.28. The number of carbonyl (C=O) groups excluding carboxylic acids is 1. The molecular weight excluding hydrogens is 270 g/mol. The van der Waals surface area contributed by atoms with E-state index in [9.17, 15) is 15.0 Å². The predicted octanol–water partition coefficient (Wildman–Crippen LogP) is 2.89. The van der Waals surface area contributed by atoms with Crippen LogP contribution in [0.25, 0.3) is 0 Å². The van der Waals surface area contributed by atoms with Gasteiger partial charge in [0.15, 0.2) is 11.5 Å². The van der Waals surface area contributed by atoms with E-state index in [1.165, 1.54) is 6.07 Å². The van der Waals surface area contributed by atoms with Crippen LogP contribution >= 0.6 is 0 Å². The van der Waals surface area contributed by atoms with Crippen LogP contribution < -0.4 is 5.32 Å². The van der Waals surface area contributed by atoms with Gasteiger partial charge in [0.1, 0.15) is 0 Å². The second-order valence-corrected chi connectivity index (χ2v) is 4.44. The van der Waals surface area contributed by atoms with Gasteiger partial charge in [-0.15, -0.1) is 0 Å². The van der Waals surface area contributed by atoms with Crippen LogP contribution in [-0.4, -0.2) is 22.8 Å². The smallest absolute Gasteiger partial charge is 0.338 e. The Morgan fingerprint density at radius 3 is 2.71 bits per heavy atom. The number of phenolic OH excluding ortho intramolecular Hbond substituents is 2. The third kappa shape index (κ3) is 3.66. The van der Waals surface area contributed by atoms with Gasteiger partial charge in [0, 0.05) is 17.8 Å². The molecule has 0 spiro atoms. The molecule has 21 heavy (non-hydrogen) atoms. The van der Waals surface area contributed by atoms with E-state index < -0.39 is 0 Å². The van der Waals surface area contributed by atoms with Gasteiger partial charge in [-0.3, -0.25) is 0 Å². The number of hydrogen-bond donors (Lipinski definition) is 3. The summed E-state index contributed by atoms with van der Waals surface area (Å²) in [6, 6.07) is 11.7. The van der Waals surface area contributed by atoms with E-state index in [-0.39, 0.29) is 17.5 Å². The maximum atomic E-state index is 11.6. The van der Waals surface area contributed by atoms with Crippen molar-refractivity contribution < 1.29 is 19.7 Å². The Balaban J connectivity index is 2.08. The molecule has 0 heterocycles. The molecule has 0 saturated heterocycles. The maximum Gasteiger partial charge on any atom is 0.338 e. The van der Waals surface area contributed by atoms with Gasteiger partial charge in [-0.25, -0.2) is 4.79 Å². The van der Waals surface area contributed by atoms with Crippen LogP contribution in [0, 0.1) is 0 Å². The van der Waals surface area contributed by atoms with Gasteiger partial charge in [0.25, 0.3) is 0 Å². The summed E-state index contributed by atoms with van der Waals surface area (Å²) < 4.78 is 4.94. The monoisotopic (exact) mass is 287 g/mol. The predicted molar refractivity (Wildman–Crippen MR) is 79.5 cm³/mol. The maximum absolute atomic E-state index is 11.6. The van der Waals surface area contributed by atoms with Gasteiger partial charge in [-0.1, -0.05) is 18.2 Å². The SMILES string of the molecule is CCOC(=O)c1cccc(NCc2cccc(O)c2O)c1. The Labute approximate surface area is 122 Å². The summed E-state index contributed by atoms with van der Waals surface area (Å²) in [5.74, 6) is -0.678. The summed E-state index contributed by atoms with van der Waals surface area (Å²) in [5, 5.41) is 22.2. The zero-order valence-corrected chi connectivity index (χ0v) is 11.7. The number of aromatic hydroxyl groups is 2. The molecule has 5 nitrogen and oxygen atoms in total. The van der Waals surface area contributed by atoms with Crippen molar-refractivity contribution >= 4 is 11.7 Å². The average Bonchev–Trinajstić information content (AvgIpc) is 2.49. The molecule has 0 atom stereocenters. The average molecular weight is 287 g/mol. The van der Waals surface area contributed by atoms with E-state index in [1.54, 1.807) is 37.3 Å². The highest BCUT2D eigenvalue weighted by Gasteiger charge is 2.08. The van der Waals surface area contributed by atoms with E-state index in [2.05, 4.69) is 5.32 Å². The van der Waals surface area contributed by atoms with Crippen molar-refractivity contribution in [1.82, 2.24) is 0 Å². The van der Waals surface area contributed by atoms with Crippen molar-refractivity contribution in [1.29, 1.82) is 0 Å². The van der Waals surface area contributed by atoms with Crippen molar-refractivity contribution in [3.05, 3.63) is 53.6 Å². The minimum absolute atomic E-state index is 0.147. The molecule has 5 heteroatoms. The Hall–Kier alpha value is -2.69. The molecule has 0 bridgehead atoms. The molecule has 0 amide bonds. The van der Waals surface area contributed by atoms with Crippen LogP contribution in [0.5, 0.6) is 11.5 Å². The molecule has 0 fully saturated rings. The minimum Gasteiger partial charge on any atom is -0.504 e. The molecule has 2 rings (SSSR count). The number of carbonyl (C=O) groups is 1. The van der Waals surface area contributed by atoms with Gasteiger partial charge in [0.2, 0.25) is 0 Å². The Bertz CT molecular complexity index is 640. The van der Waals surface area contributed by atoms with Crippen molar-refractivity contribution in [3.8, 4) is 11.5 Å². The summed E-state index contributed by atoms with van der Waals surface area (Å²) in [5.41, 5.74) is 1.75. The fourth-order valence-electron chi connectivity index (χ4n) is 1.89. The van der Waals surface area contributed by atoms with Gasteiger partial charge in [-0.2, -0.15) is 0 Å². The van der Waals surface area contributed by atoms with Crippen LogP contribution in [0.1, 0.15) is 22.8 Å². The van der Waals surface area contributed by atoms with Gasteiger partial charge in [0.05, 0.1) is 12.2 Å². The van der Waals surface area contributed by atoms with E-state index in [4.69, 9.17) is 4.74 Å². The number of phenols is 2. The number of anilines is 1. The first-order valence-electron chi connectivity index (χ1n) is 6.62. The molecule has 0 radical (unpaired) electrons. The third-order valence-electron chi connectivity index (χ3n) is 2.95. The van der Waals surface area contributed by atoms with Crippen LogP contribution in [0.2, 0.25) is 0 Å². The fraction of sp³-hybridized carbons (Fsp3) is 0.188. The second-order valence-electron chi connectivity index (χ2n) is 4.44. The highest BCUT2D eigenvalue weighted by molar-refractivity contribution is 5.90. The van der Waals surface area contributed by atoms with E-state index in [0.29, 0.717) is 24.3 Å².